The summed E-state index contributed by atoms with van der Waals surface area (Å²) in [5.74, 6) is 0. The molecule has 0 N–H and O–H groups in total. The highest BCUT2D eigenvalue weighted by atomic mass is 28.3. The van der Waals surface area contributed by atoms with Gasteiger partial charge in [-0.05, 0) is 14.1 Å². The molecule has 0 heterocycles. The Morgan fingerprint density at radius 1 is 1.30 bits per heavy atom. The van der Waals surface area contributed by atoms with Gasteiger partial charge in [-0.15, -0.1) is 0 Å². The molecule has 0 unspecified atom stereocenters. The average Bonchev–Trinajstić information content (AvgIpc) is 1.84. The quantitative estimate of drug-likeness (QED) is 0.445. The van der Waals surface area contributed by atoms with E-state index >= 15 is 0 Å². The van der Waals surface area contributed by atoms with Crippen LogP contribution in [0.15, 0.2) is 24.4 Å². The van der Waals surface area contributed by atoms with Crippen LogP contribution in [0.4, 0.5) is 0 Å². The normalized spacial score (nSPS) is 12.9. The van der Waals surface area contributed by atoms with Gasteiger partial charge in [0.2, 0.25) is 0 Å². The van der Waals surface area contributed by atoms with Gasteiger partial charge in [-0.3, -0.25) is 0 Å². The molecular weight excluding hydrogens is 138 g/mol. The maximum absolute atomic E-state index is 3.64. The zero-order valence-corrected chi connectivity index (χ0v) is 8.39. The van der Waals surface area contributed by atoms with E-state index in [1.165, 1.54) is 0 Å². The molecule has 0 aliphatic carbocycles. The maximum Gasteiger partial charge on any atom is 0.146 e. The Morgan fingerprint density at radius 3 is 2.10 bits per heavy atom. The molecule has 0 saturated heterocycles. The van der Waals surface area contributed by atoms with Gasteiger partial charge in [0.15, 0.2) is 0 Å². The van der Waals surface area contributed by atoms with Crippen molar-refractivity contribution in [3.05, 3.63) is 24.4 Å². The summed E-state index contributed by atoms with van der Waals surface area (Å²) in [6, 6.07) is 0. The van der Waals surface area contributed by atoms with Crippen molar-refractivity contribution in [2.75, 3.05) is 14.1 Å². The van der Waals surface area contributed by atoms with Gasteiger partial charge in [0, 0.05) is 0 Å². The van der Waals surface area contributed by atoms with E-state index in [1.807, 2.05) is 12.2 Å². The van der Waals surface area contributed by atoms with Gasteiger partial charge in [0.1, 0.15) is 8.24 Å². The first-order valence-corrected chi connectivity index (χ1v) is 6.51. The monoisotopic (exact) mass is 155 g/mol. The van der Waals surface area contributed by atoms with E-state index < -0.39 is 8.24 Å². The van der Waals surface area contributed by atoms with Crippen molar-refractivity contribution in [1.29, 1.82) is 0 Å². The van der Waals surface area contributed by atoms with Gasteiger partial charge in [0.25, 0.3) is 0 Å². The second kappa shape index (κ2) is 3.74. The van der Waals surface area contributed by atoms with E-state index in [2.05, 4.69) is 44.0 Å². The molecule has 0 radical (unpaired) electrons. The minimum Gasteiger partial charge on any atom is -0.326 e. The van der Waals surface area contributed by atoms with E-state index in [0.29, 0.717) is 0 Å². The summed E-state index contributed by atoms with van der Waals surface area (Å²) in [7, 11) is 3.03. The molecule has 0 bridgehead atoms. The molecule has 0 aliphatic heterocycles. The van der Waals surface area contributed by atoms with Crippen LogP contribution in [0, 0.1) is 0 Å². The highest BCUT2D eigenvalue weighted by molar-refractivity contribution is 6.79. The fourth-order valence-corrected chi connectivity index (χ4v) is 1.36. The number of rotatable bonds is 3. The molecule has 0 fully saturated rings. The second-order valence-corrected chi connectivity index (χ2v) is 7.68. The van der Waals surface area contributed by atoms with Crippen molar-refractivity contribution in [2.24, 2.45) is 0 Å². The van der Waals surface area contributed by atoms with Gasteiger partial charge in [-0.2, -0.15) is 0 Å². The zero-order chi connectivity index (χ0) is 8.20. The molecule has 1 nitrogen and oxygen atoms in total. The number of hydrogen-bond donors (Lipinski definition) is 0. The van der Waals surface area contributed by atoms with Crippen LogP contribution in [0.2, 0.25) is 13.1 Å². The highest BCUT2D eigenvalue weighted by Gasteiger charge is 2.18. The molecule has 10 heavy (non-hydrogen) atoms. The Morgan fingerprint density at radius 2 is 1.80 bits per heavy atom. The molecule has 2 heteroatoms. The summed E-state index contributed by atoms with van der Waals surface area (Å²) in [4.78, 5) is 0. The van der Waals surface area contributed by atoms with E-state index in [1.54, 1.807) is 0 Å². The second-order valence-electron chi connectivity index (χ2n) is 3.14. The Balaban J connectivity index is 4.11. The molecule has 0 rings (SSSR count). The molecule has 0 saturated carbocycles. The first-order valence-electron chi connectivity index (χ1n) is 3.48. The van der Waals surface area contributed by atoms with Crippen LogP contribution in [0.25, 0.3) is 0 Å². The Labute approximate surface area is 65.1 Å². The summed E-state index contributed by atoms with van der Waals surface area (Å²) in [5.41, 5.74) is 2.26. The summed E-state index contributed by atoms with van der Waals surface area (Å²) in [6.07, 6.45) is 3.87. The van der Waals surface area contributed by atoms with Gasteiger partial charge >= 0.3 is 0 Å². The molecule has 0 aliphatic rings. The van der Waals surface area contributed by atoms with Crippen molar-refractivity contribution < 1.29 is 0 Å². The molecule has 58 valence electrons. The van der Waals surface area contributed by atoms with Crippen LogP contribution in [0.1, 0.15) is 0 Å². The molecule has 0 amide bonds. The first kappa shape index (κ1) is 9.66. The van der Waals surface area contributed by atoms with Gasteiger partial charge in [-0.25, -0.2) is 0 Å². The molecule has 0 spiro atoms. The van der Waals surface area contributed by atoms with Crippen molar-refractivity contribution in [2.45, 2.75) is 13.1 Å². The predicted octanol–water partition coefficient (Wildman–Crippen LogP) is 2.03. The van der Waals surface area contributed by atoms with Crippen LogP contribution < -0.4 is 0 Å². The number of hydrogen-bond acceptors (Lipinski definition) is 1. The maximum atomic E-state index is 3.64. The van der Waals surface area contributed by atoms with Gasteiger partial charge in [-0.1, -0.05) is 37.5 Å². The third-order valence-corrected chi connectivity index (χ3v) is 5.11. The Hall–Kier alpha value is -0.343. The Bertz CT molecular complexity index is 136. The third-order valence-electron chi connectivity index (χ3n) is 1.79. The fourth-order valence-electron chi connectivity index (χ4n) is 0.453. The number of nitrogens with zero attached hydrogens (tertiary/aromatic N) is 1. The van der Waals surface area contributed by atoms with Crippen LogP contribution in [-0.2, 0) is 0 Å². The van der Waals surface area contributed by atoms with E-state index in [0.717, 1.165) is 0 Å². The van der Waals surface area contributed by atoms with Crippen molar-refractivity contribution in [3.63, 3.8) is 0 Å². The first-order chi connectivity index (χ1) is 4.50. The SMILES string of the molecule is C=CC=C[Si](C)(C)N(C)C. The molecular formula is C8H17NSi. The zero-order valence-electron chi connectivity index (χ0n) is 7.39. The summed E-state index contributed by atoms with van der Waals surface area (Å²) < 4.78 is 2.30. The van der Waals surface area contributed by atoms with Crippen molar-refractivity contribution >= 4 is 8.24 Å². The standard InChI is InChI=1S/C8H17NSi/c1-6-7-8-10(4,5)9(2)3/h6-8H,1H2,2-5H3. The van der Waals surface area contributed by atoms with E-state index in [-0.39, 0.29) is 0 Å². The Kier molecular flexibility index (Phi) is 3.61. The predicted molar refractivity (Wildman–Crippen MR) is 50.5 cm³/mol. The summed E-state index contributed by atoms with van der Waals surface area (Å²) in [6.45, 7) is 8.24. The lowest BCUT2D eigenvalue weighted by Gasteiger charge is -2.26. The lowest BCUT2D eigenvalue weighted by molar-refractivity contribution is 0.632. The van der Waals surface area contributed by atoms with Gasteiger partial charge < -0.3 is 4.57 Å². The minimum absolute atomic E-state index is 1.22. The van der Waals surface area contributed by atoms with Gasteiger partial charge in [0.05, 0.1) is 0 Å². The lowest BCUT2D eigenvalue weighted by Crippen LogP contribution is -2.41. The smallest absolute Gasteiger partial charge is 0.146 e. The third kappa shape index (κ3) is 2.99. The average molecular weight is 155 g/mol. The minimum atomic E-state index is -1.22. The number of allylic oxidation sites excluding steroid dienone is 2. The van der Waals surface area contributed by atoms with E-state index in [9.17, 15) is 0 Å². The topological polar surface area (TPSA) is 3.24 Å². The highest BCUT2D eigenvalue weighted by Crippen LogP contribution is 2.05. The van der Waals surface area contributed by atoms with E-state index in [4.69, 9.17) is 0 Å². The lowest BCUT2D eigenvalue weighted by atomic mass is 10.6. The van der Waals surface area contributed by atoms with Crippen LogP contribution in [-0.4, -0.2) is 26.9 Å². The molecule has 0 aromatic carbocycles. The summed E-state index contributed by atoms with van der Waals surface area (Å²) in [5, 5.41) is 0. The van der Waals surface area contributed by atoms with Crippen molar-refractivity contribution in [1.82, 2.24) is 4.57 Å². The molecule has 0 aromatic rings. The summed E-state index contributed by atoms with van der Waals surface area (Å²) >= 11 is 0. The van der Waals surface area contributed by atoms with Crippen LogP contribution >= 0.6 is 0 Å². The fraction of sp³-hybridized carbons (Fsp3) is 0.500. The van der Waals surface area contributed by atoms with Crippen LogP contribution in [0.3, 0.4) is 0 Å². The molecule has 0 aromatic heterocycles. The largest absolute Gasteiger partial charge is 0.326 e. The molecule has 0 atom stereocenters. The van der Waals surface area contributed by atoms with Crippen molar-refractivity contribution in [3.8, 4) is 0 Å². The van der Waals surface area contributed by atoms with Crippen LogP contribution in [0.5, 0.6) is 0 Å².